The maximum Gasteiger partial charge on any atom is 0.255 e. The Morgan fingerprint density at radius 3 is 2.07 bits per heavy atom. The second-order valence-corrected chi connectivity index (χ2v) is 6.37. The van der Waals surface area contributed by atoms with Crippen LogP contribution in [0.3, 0.4) is 0 Å². The zero-order valence-corrected chi connectivity index (χ0v) is 15.5. The molecule has 2 N–H and O–H groups in total. The van der Waals surface area contributed by atoms with Gasteiger partial charge in [-0.1, -0.05) is 48.9 Å². The van der Waals surface area contributed by atoms with Gasteiger partial charge in [0.05, 0.1) is 0 Å². The molecule has 0 radical (unpaired) electrons. The molecule has 0 saturated heterocycles. The summed E-state index contributed by atoms with van der Waals surface area (Å²) in [5.74, 6) is -0.483. The van der Waals surface area contributed by atoms with Crippen molar-refractivity contribution in [3.05, 3.63) is 95.1 Å². The average Bonchev–Trinajstić information content (AvgIpc) is 2.70. The van der Waals surface area contributed by atoms with Gasteiger partial charge < -0.3 is 10.6 Å². The number of aryl methyl sites for hydroxylation is 2. The number of rotatable bonds is 5. The van der Waals surface area contributed by atoms with E-state index in [4.69, 9.17) is 0 Å². The normalized spacial score (nSPS) is 10.3. The Labute approximate surface area is 159 Å². The number of carbonyl (C=O) groups excluding carboxylic acids is 2. The Kier molecular flexibility index (Phi) is 5.67. The third-order valence-electron chi connectivity index (χ3n) is 4.34. The summed E-state index contributed by atoms with van der Waals surface area (Å²) in [5, 5.41) is 5.78. The predicted molar refractivity (Wildman–Crippen MR) is 109 cm³/mol. The van der Waals surface area contributed by atoms with Crippen molar-refractivity contribution in [3.8, 4) is 0 Å². The summed E-state index contributed by atoms with van der Waals surface area (Å²) in [4.78, 5) is 25.1. The summed E-state index contributed by atoms with van der Waals surface area (Å²) < 4.78 is 0. The molecular formula is C23H22N2O2. The van der Waals surface area contributed by atoms with Crippen molar-refractivity contribution in [2.24, 2.45) is 0 Å². The van der Waals surface area contributed by atoms with Crippen LogP contribution in [0.15, 0.2) is 72.8 Å². The third-order valence-corrected chi connectivity index (χ3v) is 4.34. The predicted octanol–water partition coefficient (Wildman–Crippen LogP) is 5.06. The minimum Gasteiger partial charge on any atom is -0.322 e. The van der Waals surface area contributed by atoms with Gasteiger partial charge in [0.2, 0.25) is 0 Å². The molecule has 4 heteroatoms. The maximum atomic E-state index is 12.6. The molecule has 0 unspecified atom stereocenters. The third kappa shape index (κ3) is 4.61. The van der Waals surface area contributed by atoms with Gasteiger partial charge in [0, 0.05) is 22.5 Å². The standard InChI is InChI=1S/C23H22N2O2/c1-3-17-7-4-5-10-21(17)25-23(27)19-9-6-8-18(15-19)22(26)24-20-13-11-16(2)12-14-20/h4-15H,3H2,1-2H3,(H,24,26)(H,25,27). The highest BCUT2D eigenvalue weighted by molar-refractivity contribution is 6.08. The summed E-state index contributed by atoms with van der Waals surface area (Å²) in [6.45, 7) is 4.03. The Morgan fingerprint density at radius 1 is 0.778 bits per heavy atom. The van der Waals surface area contributed by atoms with Crippen LogP contribution in [-0.2, 0) is 6.42 Å². The number of benzene rings is 3. The second-order valence-electron chi connectivity index (χ2n) is 6.37. The van der Waals surface area contributed by atoms with Crippen LogP contribution < -0.4 is 10.6 Å². The summed E-state index contributed by atoms with van der Waals surface area (Å²) in [6, 6.07) is 22.0. The smallest absolute Gasteiger partial charge is 0.255 e. The first-order valence-electron chi connectivity index (χ1n) is 8.94. The van der Waals surface area contributed by atoms with E-state index in [-0.39, 0.29) is 11.8 Å². The number of amides is 2. The molecule has 0 aliphatic heterocycles. The summed E-state index contributed by atoms with van der Waals surface area (Å²) in [6.07, 6.45) is 0.829. The first kappa shape index (κ1) is 18.4. The lowest BCUT2D eigenvalue weighted by Gasteiger charge is -2.11. The lowest BCUT2D eigenvalue weighted by molar-refractivity contribution is 0.102. The number of nitrogens with one attached hydrogen (secondary N) is 2. The molecule has 0 saturated carbocycles. The van der Waals surface area contributed by atoms with Gasteiger partial charge in [0.25, 0.3) is 11.8 Å². The van der Waals surface area contributed by atoms with Crippen LogP contribution in [-0.4, -0.2) is 11.8 Å². The quantitative estimate of drug-likeness (QED) is 0.669. The molecule has 4 nitrogen and oxygen atoms in total. The molecule has 27 heavy (non-hydrogen) atoms. The largest absolute Gasteiger partial charge is 0.322 e. The Balaban J connectivity index is 1.75. The van der Waals surface area contributed by atoms with Gasteiger partial charge in [0.15, 0.2) is 0 Å². The topological polar surface area (TPSA) is 58.2 Å². The van der Waals surface area contributed by atoms with E-state index in [2.05, 4.69) is 10.6 Å². The van der Waals surface area contributed by atoms with Crippen molar-refractivity contribution in [2.75, 3.05) is 10.6 Å². The SMILES string of the molecule is CCc1ccccc1NC(=O)c1cccc(C(=O)Nc2ccc(C)cc2)c1. The van der Waals surface area contributed by atoms with Crippen LogP contribution in [0.5, 0.6) is 0 Å². The van der Waals surface area contributed by atoms with Gasteiger partial charge in [-0.15, -0.1) is 0 Å². The van der Waals surface area contributed by atoms with Crippen LogP contribution in [0.2, 0.25) is 0 Å². The lowest BCUT2D eigenvalue weighted by Crippen LogP contribution is -2.16. The van der Waals surface area contributed by atoms with Gasteiger partial charge in [-0.05, 0) is 55.3 Å². The fourth-order valence-corrected chi connectivity index (χ4v) is 2.79. The average molecular weight is 358 g/mol. The number of anilines is 2. The molecule has 3 rings (SSSR count). The molecule has 0 spiro atoms. The first-order valence-corrected chi connectivity index (χ1v) is 8.94. The number of para-hydroxylation sites is 1. The van der Waals surface area contributed by atoms with Gasteiger partial charge >= 0.3 is 0 Å². The molecule has 0 aliphatic carbocycles. The highest BCUT2D eigenvalue weighted by Crippen LogP contribution is 2.17. The minimum absolute atomic E-state index is 0.235. The fraction of sp³-hybridized carbons (Fsp3) is 0.130. The summed E-state index contributed by atoms with van der Waals surface area (Å²) in [5.41, 5.74) is 4.58. The van der Waals surface area contributed by atoms with Crippen molar-refractivity contribution >= 4 is 23.2 Å². The van der Waals surface area contributed by atoms with Crippen LogP contribution in [0.1, 0.15) is 38.8 Å². The highest BCUT2D eigenvalue weighted by atomic mass is 16.2. The molecule has 0 atom stereocenters. The van der Waals surface area contributed by atoms with Gasteiger partial charge in [0.1, 0.15) is 0 Å². The Morgan fingerprint density at radius 2 is 1.41 bits per heavy atom. The van der Waals surface area contributed by atoms with Crippen molar-refractivity contribution in [1.82, 2.24) is 0 Å². The van der Waals surface area contributed by atoms with E-state index in [0.29, 0.717) is 11.1 Å². The van der Waals surface area contributed by atoms with E-state index >= 15 is 0 Å². The molecule has 3 aromatic carbocycles. The number of hydrogen-bond donors (Lipinski definition) is 2. The van der Waals surface area contributed by atoms with Gasteiger partial charge in [-0.25, -0.2) is 0 Å². The van der Waals surface area contributed by atoms with Crippen LogP contribution >= 0.6 is 0 Å². The molecule has 0 fully saturated rings. The lowest BCUT2D eigenvalue weighted by atomic mass is 10.1. The number of hydrogen-bond acceptors (Lipinski definition) is 2. The summed E-state index contributed by atoms with van der Waals surface area (Å²) in [7, 11) is 0. The van der Waals surface area contributed by atoms with E-state index < -0.39 is 0 Å². The Hall–Kier alpha value is -3.40. The van der Waals surface area contributed by atoms with Crippen LogP contribution in [0.4, 0.5) is 11.4 Å². The van der Waals surface area contributed by atoms with E-state index in [9.17, 15) is 9.59 Å². The van der Waals surface area contributed by atoms with Crippen molar-refractivity contribution in [3.63, 3.8) is 0 Å². The second kappa shape index (κ2) is 8.32. The fourth-order valence-electron chi connectivity index (χ4n) is 2.79. The monoisotopic (exact) mass is 358 g/mol. The molecule has 0 aliphatic rings. The maximum absolute atomic E-state index is 12.6. The van der Waals surface area contributed by atoms with Gasteiger partial charge in [-0.2, -0.15) is 0 Å². The van der Waals surface area contributed by atoms with E-state index in [1.165, 1.54) is 0 Å². The Bertz CT molecular complexity index is 962. The zero-order valence-electron chi connectivity index (χ0n) is 15.5. The van der Waals surface area contributed by atoms with E-state index in [1.54, 1.807) is 24.3 Å². The van der Waals surface area contributed by atoms with Crippen molar-refractivity contribution in [2.45, 2.75) is 20.3 Å². The van der Waals surface area contributed by atoms with Crippen molar-refractivity contribution < 1.29 is 9.59 Å². The van der Waals surface area contributed by atoms with E-state index in [0.717, 1.165) is 28.9 Å². The molecule has 136 valence electrons. The van der Waals surface area contributed by atoms with Crippen molar-refractivity contribution in [1.29, 1.82) is 0 Å². The zero-order chi connectivity index (χ0) is 19.2. The minimum atomic E-state index is -0.248. The molecule has 2 amide bonds. The molecule has 0 bridgehead atoms. The molecule has 0 aromatic heterocycles. The number of carbonyl (C=O) groups is 2. The van der Waals surface area contributed by atoms with Crippen LogP contribution in [0.25, 0.3) is 0 Å². The highest BCUT2D eigenvalue weighted by Gasteiger charge is 2.12. The van der Waals surface area contributed by atoms with Crippen LogP contribution in [0, 0.1) is 6.92 Å². The molecule has 0 heterocycles. The summed E-state index contributed by atoms with van der Waals surface area (Å²) >= 11 is 0. The first-order chi connectivity index (χ1) is 13.1. The molecular weight excluding hydrogens is 336 g/mol. The molecule has 3 aromatic rings. The van der Waals surface area contributed by atoms with E-state index in [1.807, 2.05) is 62.4 Å². The van der Waals surface area contributed by atoms with Gasteiger partial charge in [-0.3, -0.25) is 9.59 Å².